The minimum atomic E-state index is -0.745. The van der Waals surface area contributed by atoms with Crippen molar-refractivity contribution >= 4 is 74.2 Å². The van der Waals surface area contributed by atoms with Gasteiger partial charge >= 0.3 is 6.09 Å². The second-order valence-corrected chi connectivity index (χ2v) is 20.9. The number of methoxy groups -OCH3 is 1. The van der Waals surface area contributed by atoms with Gasteiger partial charge in [0, 0.05) is 89.4 Å². The smallest absolute Gasteiger partial charge is 0.412 e. The third kappa shape index (κ3) is 14.6. The number of Topliss-reactive ketones (excluding diaryl/α,β-unsaturated/α-hetero) is 1. The molecule has 0 bridgehead atoms. The van der Waals surface area contributed by atoms with E-state index in [1.165, 1.54) is 45.7 Å². The van der Waals surface area contributed by atoms with Crippen molar-refractivity contribution in [2.24, 2.45) is 21.1 Å². The predicted octanol–water partition coefficient (Wildman–Crippen LogP) is 5.85. The van der Waals surface area contributed by atoms with Gasteiger partial charge in [-0.2, -0.15) is 0 Å². The van der Waals surface area contributed by atoms with Gasteiger partial charge in [0.05, 0.1) is 55.5 Å². The fourth-order valence-electron chi connectivity index (χ4n) is 8.76. The normalized spacial score (nSPS) is 15.3. The van der Waals surface area contributed by atoms with Gasteiger partial charge in [0.2, 0.25) is 5.91 Å². The summed E-state index contributed by atoms with van der Waals surface area (Å²) in [5, 5.41) is 9.47. The number of anilines is 3. The van der Waals surface area contributed by atoms with Crippen LogP contribution < -0.4 is 31.2 Å². The minimum Gasteiger partial charge on any atom is -0.493 e. The molecule has 5 N–H and O–H groups in total. The van der Waals surface area contributed by atoms with Crippen LogP contribution in [0.4, 0.5) is 21.9 Å². The van der Waals surface area contributed by atoms with Crippen molar-refractivity contribution in [1.82, 2.24) is 38.7 Å². The zero-order valence-electron chi connectivity index (χ0n) is 43.1. The Hall–Kier alpha value is -7.21. The van der Waals surface area contributed by atoms with E-state index in [2.05, 4.69) is 27.5 Å². The third-order valence-electron chi connectivity index (χ3n) is 12.4. The number of amides is 5. The highest BCUT2D eigenvalue weighted by atomic mass is 33.1. The van der Waals surface area contributed by atoms with E-state index in [9.17, 15) is 28.8 Å². The number of benzene rings is 1. The molecule has 21 nitrogen and oxygen atoms in total. The van der Waals surface area contributed by atoms with E-state index >= 15 is 0 Å². The minimum absolute atomic E-state index is 0.00535. The fourth-order valence-corrected chi connectivity index (χ4v) is 10.5. The van der Waals surface area contributed by atoms with Crippen LogP contribution in [0.25, 0.3) is 0 Å². The molecule has 75 heavy (non-hydrogen) atoms. The second kappa shape index (κ2) is 25.8. The molecule has 0 saturated carbocycles. The molecule has 4 aromatic heterocycles. The molecular weight excluding hydrogens is 1000 g/mol. The molecule has 1 aromatic carbocycles. The summed E-state index contributed by atoms with van der Waals surface area (Å²) in [4.78, 5) is 89.5. The number of carbonyl (C=O) groups excluding carboxylic acids is 6. The van der Waals surface area contributed by atoms with E-state index in [0.29, 0.717) is 65.7 Å². The van der Waals surface area contributed by atoms with Crippen molar-refractivity contribution in [3.05, 3.63) is 114 Å². The largest absolute Gasteiger partial charge is 0.493 e. The molecule has 2 atom stereocenters. The first-order valence-corrected chi connectivity index (χ1v) is 26.7. The number of carbonyl (C=O) groups is 6. The summed E-state index contributed by atoms with van der Waals surface area (Å²) < 4.78 is 28.2. The Balaban J connectivity index is 0.864. The lowest BCUT2D eigenvalue weighted by atomic mass is 10.1. The first kappa shape index (κ1) is 55.5. The molecule has 2 saturated heterocycles. The second-order valence-electron chi connectivity index (χ2n) is 18.4. The molecule has 0 spiro atoms. The Kier molecular flexibility index (Phi) is 19.1. The number of hydrogen-bond acceptors (Lipinski definition) is 15. The van der Waals surface area contributed by atoms with Gasteiger partial charge in [0.15, 0.2) is 23.5 Å². The van der Waals surface area contributed by atoms with E-state index in [0.717, 1.165) is 23.6 Å². The van der Waals surface area contributed by atoms with E-state index < -0.39 is 30.2 Å². The number of aromatic nitrogens is 4. The highest BCUT2D eigenvalue weighted by Crippen LogP contribution is 2.37. The molecule has 2 aliphatic heterocycles. The van der Waals surface area contributed by atoms with Crippen molar-refractivity contribution in [2.45, 2.75) is 49.4 Å². The monoisotopic (exact) mass is 1070 g/mol. The summed E-state index contributed by atoms with van der Waals surface area (Å²) >= 11 is 0. The zero-order valence-corrected chi connectivity index (χ0v) is 44.7. The van der Waals surface area contributed by atoms with Crippen LogP contribution in [0.5, 0.6) is 11.5 Å². The molecular formula is C52H65N11O10S2. The number of likely N-dealkylation sites (tertiary alicyclic amines) is 1. The van der Waals surface area contributed by atoms with Gasteiger partial charge in [-0.1, -0.05) is 29.0 Å². The third-order valence-corrected chi connectivity index (χ3v) is 14.6. The van der Waals surface area contributed by atoms with Crippen LogP contribution in [-0.2, 0) is 41.8 Å². The average Bonchev–Trinajstić information content (AvgIpc) is 4.23. The topological polar surface area (TPSA) is 239 Å². The summed E-state index contributed by atoms with van der Waals surface area (Å²) in [6.07, 6.45) is 7.13. The Morgan fingerprint density at radius 1 is 0.880 bits per heavy atom. The molecule has 5 aromatic rings. The lowest BCUT2D eigenvalue weighted by molar-refractivity contribution is -0.116. The summed E-state index contributed by atoms with van der Waals surface area (Å²) in [5.74, 6) is -0.434. The van der Waals surface area contributed by atoms with E-state index in [-0.39, 0.29) is 79.6 Å². The van der Waals surface area contributed by atoms with Gasteiger partial charge in [-0.25, -0.2) is 9.78 Å². The van der Waals surface area contributed by atoms with Crippen LogP contribution in [0.3, 0.4) is 0 Å². The van der Waals surface area contributed by atoms with Crippen molar-refractivity contribution in [2.75, 3.05) is 89.3 Å². The van der Waals surface area contributed by atoms with Crippen LogP contribution >= 0.6 is 21.6 Å². The SMILES string of the molecule is C=C1C[C@@H](C2OCCN2C(=O)OCCSSc2ccccn2)N(C(=O)c2cc(OC)c(OCCCC(=O)Nc3cc(C(=O)Cc4cc(C(=O)Nc5cc(C(=O)NCCCN(C)C)n(C)c5)n(C)c4)n(C)c3)cc2N)C1. The highest BCUT2D eigenvalue weighted by Gasteiger charge is 2.45. The number of nitrogen functional groups attached to an aromatic ring is 1. The summed E-state index contributed by atoms with van der Waals surface area (Å²) in [5.41, 5.74) is 10.2. The Morgan fingerprint density at radius 3 is 2.36 bits per heavy atom. The van der Waals surface area contributed by atoms with Gasteiger partial charge in [0.25, 0.3) is 17.7 Å². The van der Waals surface area contributed by atoms with Gasteiger partial charge in [-0.05, 0) is 92.7 Å². The Bertz CT molecular complexity index is 2880. The molecule has 6 heterocycles. The van der Waals surface area contributed by atoms with Gasteiger partial charge < -0.3 is 64.1 Å². The first-order chi connectivity index (χ1) is 36.0. The number of ketones is 1. The van der Waals surface area contributed by atoms with E-state index in [1.807, 2.05) is 37.2 Å². The summed E-state index contributed by atoms with van der Waals surface area (Å²) in [6, 6.07) is 13.0. The van der Waals surface area contributed by atoms with Crippen LogP contribution in [-0.4, -0.2) is 154 Å². The van der Waals surface area contributed by atoms with Crippen LogP contribution in [0.2, 0.25) is 0 Å². The van der Waals surface area contributed by atoms with Crippen molar-refractivity contribution in [3.63, 3.8) is 0 Å². The molecule has 5 amide bonds. The van der Waals surface area contributed by atoms with Crippen molar-refractivity contribution in [3.8, 4) is 11.5 Å². The number of aryl methyl sites for hydroxylation is 3. The van der Waals surface area contributed by atoms with Gasteiger partial charge in [-0.15, -0.1) is 0 Å². The maximum Gasteiger partial charge on any atom is 0.412 e. The van der Waals surface area contributed by atoms with Gasteiger partial charge in [0.1, 0.15) is 23.0 Å². The van der Waals surface area contributed by atoms with Crippen LogP contribution in [0.1, 0.15) is 73.1 Å². The zero-order chi connectivity index (χ0) is 53.8. The van der Waals surface area contributed by atoms with Crippen molar-refractivity contribution in [1.29, 1.82) is 0 Å². The highest BCUT2D eigenvalue weighted by molar-refractivity contribution is 8.76. The fraction of sp³-hybridized carbons (Fsp3) is 0.404. The lowest BCUT2D eigenvalue weighted by Crippen LogP contribution is -2.51. The van der Waals surface area contributed by atoms with Crippen LogP contribution in [0.15, 0.2) is 90.5 Å². The Labute approximate surface area is 443 Å². The summed E-state index contributed by atoms with van der Waals surface area (Å²) in [7, 11) is 13.6. The first-order valence-electron chi connectivity index (χ1n) is 24.4. The molecule has 7 rings (SSSR count). The number of nitrogens with two attached hydrogens (primary N) is 1. The van der Waals surface area contributed by atoms with Crippen molar-refractivity contribution < 1.29 is 47.7 Å². The maximum absolute atomic E-state index is 14.2. The lowest BCUT2D eigenvalue weighted by Gasteiger charge is -2.33. The predicted molar refractivity (Wildman–Crippen MR) is 287 cm³/mol. The number of rotatable bonds is 24. The van der Waals surface area contributed by atoms with E-state index in [4.69, 9.17) is 24.7 Å². The molecule has 2 fully saturated rings. The van der Waals surface area contributed by atoms with Gasteiger partial charge in [-0.3, -0.25) is 28.9 Å². The van der Waals surface area contributed by atoms with E-state index in [1.54, 1.807) is 82.7 Å². The molecule has 0 aliphatic carbocycles. The molecule has 0 radical (unpaired) electrons. The summed E-state index contributed by atoms with van der Waals surface area (Å²) in [6.45, 7) is 6.66. The Morgan fingerprint density at radius 2 is 1.61 bits per heavy atom. The molecule has 23 heteroatoms. The number of ether oxygens (including phenoxy) is 4. The average molecular weight is 1070 g/mol. The standard InChI is InChI=1S/C52H65N11O10S2/c1-33-22-42(51-62(17-19-72-51)52(69)73-20-21-74-75-47-13-8-9-14-54-47)63(29-33)50(68)37-27-44(70-7)45(28-38(37)53)71-18-10-12-46(65)56-35-25-39(60(5)31-35)43(64)24-34-23-40(59(4)30-34)49(67)57-36-26-41(61(6)32-36)48(66)55-15-11-16-58(2)3/h8-9,13-14,23,25-28,30-32,42,51H,1,10-12,15-22,24,29,53H2,2-7H3,(H,55,66)(H,56,65)(H,57,67)/t42-,51?/m0/s1. The quantitative estimate of drug-likeness (QED) is 0.0186. The number of nitrogens with zero attached hydrogens (tertiary/aromatic N) is 7. The number of hydrogen-bond donors (Lipinski definition) is 4. The van der Waals surface area contributed by atoms with Crippen LogP contribution in [0, 0.1) is 0 Å². The number of pyridine rings is 1. The molecule has 2 aliphatic rings. The molecule has 1 unspecified atom stereocenters. The number of nitrogens with one attached hydrogen (secondary N) is 3. The maximum atomic E-state index is 14.2. The molecule has 400 valence electrons.